The van der Waals surface area contributed by atoms with Crippen LogP contribution >= 0.6 is 0 Å². The van der Waals surface area contributed by atoms with Crippen LogP contribution in [0.3, 0.4) is 0 Å². The maximum atomic E-state index is 14.5. The number of esters is 4. The Morgan fingerprint density at radius 3 is 1.30 bits per heavy atom. The molecule has 2 saturated heterocycles. The summed E-state index contributed by atoms with van der Waals surface area (Å²) in [5, 5.41) is 0. The predicted molar refractivity (Wildman–Crippen MR) is 279 cm³/mol. The van der Waals surface area contributed by atoms with Gasteiger partial charge in [-0.25, -0.2) is 19.2 Å². The van der Waals surface area contributed by atoms with Gasteiger partial charge < -0.3 is 52.1 Å². The molecular weight excluding hydrogens is 985 g/mol. The number of hydrogen-bond acceptors (Lipinski definition) is 15. The molecule has 0 unspecified atom stereocenters. The Bertz CT molecular complexity index is 2940. The largest absolute Gasteiger partial charge is 0.456 e. The van der Waals surface area contributed by atoms with Crippen LogP contribution < -0.4 is 0 Å². The van der Waals surface area contributed by atoms with Gasteiger partial charge in [0.05, 0.1) is 55.3 Å². The summed E-state index contributed by atoms with van der Waals surface area (Å²) in [7, 11) is 1.48. The van der Waals surface area contributed by atoms with E-state index in [-0.39, 0.29) is 42.1 Å². The van der Waals surface area contributed by atoms with Crippen molar-refractivity contribution in [3.8, 4) is 0 Å². The molecule has 2 heterocycles. The number of carbonyl (C=O) groups excluding carboxylic acids is 4. The van der Waals surface area contributed by atoms with E-state index in [2.05, 4.69) is 0 Å². The minimum atomic E-state index is -2.34. The summed E-state index contributed by atoms with van der Waals surface area (Å²) in [5.41, 5.74) is 3.22. The van der Waals surface area contributed by atoms with E-state index in [9.17, 15) is 19.2 Å². The predicted octanol–water partition coefficient (Wildman–Crippen LogP) is 9.39. The first-order valence-electron chi connectivity index (χ1n) is 25.2. The van der Waals surface area contributed by atoms with E-state index >= 15 is 0 Å². The van der Waals surface area contributed by atoms with Crippen molar-refractivity contribution in [2.75, 3.05) is 26.9 Å². The zero-order valence-corrected chi connectivity index (χ0v) is 42.2. The van der Waals surface area contributed by atoms with Crippen molar-refractivity contribution in [3.63, 3.8) is 0 Å². The van der Waals surface area contributed by atoms with Crippen LogP contribution in [0, 0.1) is 0 Å². The van der Waals surface area contributed by atoms with Crippen LogP contribution in [0.15, 0.2) is 212 Å². The molecule has 7 aromatic rings. The van der Waals surface area contributed by atoms with Crippen LogP contribution in [-0.4, -0.2) is 106 Å². The van der Waals surface area contributed by atoms with Crippen molar-refractivity contribution in [1.29, 1.82) is 0 Å². The zero-order chi connectivity index (χ0) is 53.2. The van der Waals surface area contributed by atoms with Gasteiger partial charge in [-0.1, -0.05) is 164 Å². The van der Waals surface area contributed by atoms with Crippen molar-refractivity contribution >= 4 is 23.9 Å². The molecule has 0 radical (unpaired) electrons. The highest BCUT2D eigenvalue weighted by atomic mass is 16.8. The topological polar surface area (TPSA) is 170 Å². The Morgan fingerprint density at radius 2 is 0.844 bits per heavy atom. The van der Waals surface area contributed by atoms with Crippen LogP contribution in [0.4, 0.5) is 0 Å². The summed E-state index contributed by atoms with van der Waals surface area (Å²) in [6.45, 7) is -1.33. The summed E-state index contributed by atoms with van der Waals surface area (Å²) in [5.74, 6) is -5.68. The van der Waals surface area contributed by atoms with Gasteiger partial charge in [-0.05, 0) is 65.2 Å². The SMILES string of the molecule is CO[C@H]1O[C@H](CO[C@]2(COC(=O)c3ccccc3)OC[C@@H](OC(=O)c3ccccc3)[C@@H](OC(=O)c3ccccc3)[C@@H]2OC(=O)c2ccccc2)[C@@H](OCc2ccccc2)[C@H](OCc2ccccc2)[C@H]1OCc1ccccc1. The lowest BCUT2D eigenvalue weighted by molar-refractivity contribution is -0.367. The van der Waals surface area contributed by atoms with E-state index in [1.54, 1.807) is 109 Å². The van der Waals surface area contributed by atoms with Crippen LogP contribution in [0.25, 0.3) is 0 Å². The van der Waals surface area contributed by atoms with E-state index in [0.717, 1.165) is 16.7 Å². The van der Waals surface area contributed by atoms with Gasteiger partial charge in [0.1, 0.15) is 31.0 Å². The average molecular weight is 1040 g/mol. The van der Waals surface area contributed by atoms with E-state index in [4.69, 9.17) is 52.1 Å². The fourth-order valence-corrected chi connectivity index (χ4v) is 8.95. The third kappa shape index (κ3) is 14.1. The molecule has 2 aliphatic rings. The van der Waals surface area contributed by atoms with E-state index < -0.39 is 98.5 Å². The molecule has 0 spiro atoms. The van der Waals surface area contributed by atoms with E-state index in [0.29, 0.717) is 0 Å². The van der Waals surface area contributed by atoms with Gasteiger partial charge in [-0.3, -0.25) is 0 Å². The maximum absolute atomic E-state index is 14.5. The first kappa shape index (κ1) is 53.9. The highest BCUT2D eigenvalue weighted by Crippen LogP contribution is 2.38. The quantitative estimate of drug-likeness (QED) is 0.0464. The second-order valence-corrected chi connectivity index (χ2v) is 18.2. The molecule has 396 valence electrons. The first-order chi connectivity index (χ1) is 37.8. The summed E-state index contributed by atoms with van der Waals surface area (Å²) in [6.07, 6.45) is -9.91. The first-order valence-corrected chi connectivity index (χ1v) is 25.2. The molecule has 77 heavy (non-hydrogen) atoms. The normalized spacial score (nSPS) is 23.0. The third-order valence-electron chi connectivity index (χ3n) is 12.9. The number of rotatable bonds is 22. The fraction of sp³-hybridized carbons (Fsp3) is 0.258. The molecule has 0 aromatic heterocycles. The van der Waals surface area contributed by atoms with Crippen LogP contribution in [-0.2, 0) is 71.9 Å². The lowest BCUT2D eigenvalue weighted by atomic mass is 9.94. The van der Waals surface area contributed by atoms with Crippen LogP contribution in [0.5, 0.6) is 0 Å². The van der Waals surface area contributed by atoms with Gasteiger partial charge in [-0.15, -0.1) is 0 Å². The highest BCUT2D eigenvalue weighted by molar-refractivity contribution is 5.91. The Labute approximate surface area is 446 Å². The lowest BCUT2D eigenvalue weighted by Gasteiger charge is -2.49. The summed E-state index contributed by atoms with van der Waals surface area (Å²) in [4.78, 5) is 56.8. The summed E-state index contributed by atoms with van der Waals surface area (Å²) < 4.78 is 71.8. The molecule has 9 atom stereocenters. The van der Waals surface area contributed by atoms with Gasteiger partial charge in [0.15, 0.2) is 24.6 Å². The Hall–Kier alpha value is -7.86. The maximum Gasteiger partial charge on any atom is 0.338 e. The minimum absolute atomic E-state index is 0.0965. The fourth-order valence-electron chi connectivity index (χ4n) is 8.95. The summed E-state index contributed by atoms with van der Waals surface area (Å²) >= 11 is 0. The van der Waals surface area contributed by atoms with E-state index in [1.807, 2.05) is 91.0 Å². The molecule has 0 amide bonds. The van der Waals surface area contributed by atoms with Crippen LogP contribution in [0.2, 0.25) is 0 Å². The minimum Gasteiger partial charge on any atom is -0.456 e. The molecule has 0 N–H and O–H groups in total. The molecule has 15 heteroatoms. The van der Waals surface area contributed by atoms with Crippen molar-refractivity contribution in [3.05, 3.63) is 251 Å². The Morgan fingerprint density at radius 1 is 0.455 bits per heavy atom. The van der Waals surface area contributed by atoms with Gasteiger partial charge in [0, 0.05) is 7.11 Å². The number of benzene rings is 7. The molecule has 7 aromatic carbocycles. The van der Waals surface area contributed by atoms with Crippen molar-refractivity contribution in [2.45, 2.75) is 74.6 Å². The lowest BCUT2D eigenvalue weighted by Crippen LogP contribution is -2.68. The van der Waals surface area contributed by atoms with Gasteiger partial charge in [0.25, 0.3) is 0 Å². The molecule has 0 aliphatic carbocycles. The summed E-state index contributed by atoms with van der Waals surface area (Å²) in [6, 6.07) is 61.4. The Balaban J connectivity index is 1.13. The number of hydrogen-bond donors (Lipinski definition) is 0. The molecular formula is C62H58O15. The second kappa shape index (κ2) is 26.8. The molecule has 2 aliphatic heterocycles. The van der Waals surface area contributed by atoms with Gasteiger partial charge in [0.2, 0.25) is 5.79 Å². The molecule has 0 bridgehead atoms. The molecule has 0 saturated carbocycles. The second-order valence-electron chi connectivity index (χ2n) is 18.2. The van der Waals surface area contributed by atoms with Crippen LogP contribution in [0.1, 0.15) is 58.1 Å². The highest BCUT2D eigenvalue weighted by Gasteiger charge is 2.60. The molecule has 9 rings (SSSR count). The monoisotopic (exact) mass is 1040 g/mol. The molecule has 2 fully saturated rings. The number of methoxy groups -OCH3 is 1. The van der Waals surface area contributed by atoms with Crippen molar-refractivity contribution < 1.29 is 71.3 Å². The third-order valence-corrected chi connectivity index (χ3v) is 12.9. The smallest absolute Gasteiger partial charge is 0.338 e. The van der Waals surface area contributed by atoms with Crippen molar-refractivity contribution in [1.82, 2.24) is 0 Å². The number of ether oxygens (including phenoxy) is 11. The van der Waals surface area contributed by atoms with E-state index in [1.165, 1.54) is 19.2 Å². The Kier molecular flexibility index (Phi) is 18.7. The number of carbonyl (C=O) groups is 4. The van der Waals surface area contributed by atoms with Gasteiger partial charge >= 0.3 is 23.9 Å². The zero-order valence-electron chi connectivity index (χ0n) is 42.2. The average Bonchev–Trinajstić information content (AvgIpc) is 3.55. The van der Waals surface area contributed by atoms with Gasteiger partial charge in [-0.2, -0.15) is 0 Å². The molecule has 15 nitrogen and oxygen atoms in total. The van der Waals surface area contributed by atoms with Crippen molar-refractivity contribution in [2.24, 2.45) is 0 Å². The standard InChI is InChI=1S/C62H58O15/c1-67-61-55(70-39-45-27-13-4-14-28-45)54(69-38-44-25-11-3-12-26-44)52(68-37-43-23-9-2-10-24-43)50(75-61)40-72-62(42-71-57(63)46-29-15-5-16-30-46)56(77-60(66)49-35-21-8-22-36-49)53(76-59(65)48-33-19-7-20-34-48)51(41-73-62)74-58(64)47-31-17-6-18-32-47/h2-36,50-56,61H,37-42H2,1H3/t50-,51-,52-,53-,54+,55-,56+,61+,62-/m1/s1.